The van der Waals surface area contributed by atoms with Crippen molar-refractivity contribution in [2.45, 2.75) is 13.0 Å². The van der Waals surface area contributed by atoms with Gasteiger partial charge in [-0.2, -0.15) is 0 Å². The SMILES string of the molecule is [C-]#[N+]C(=CN1CCOCC1)Cc1ccc(OCc2ccccc2)c(OC)c1. The maximum atomic E-state index is 7.47. The highest BCUT2D eigenvalue weighted by atomic mass is 16.5. The number of hydrogen-bond acceptors (Lipinski definition) is 4. The summed E-state index contributed by atoms with van der Waals surface area (Å²) in [6.45, 7) is 11.0. The van der Waals surface area contributed by atoms with Crippen LogP contribution in [0.3, 0.4) is 0 Å². The van der Waals surface area contributed by atoms with E-state index < -0.39 is 0 Å². The summed E-state index contributed by atoms with van der Waals surface area (Å²) in [6, 6.07) is 15.9. The number of hydrogen-bond donors (Lipinski definition) is 0. The maximum absolute atomic E-state index is 7.47. The molecule has 0 atom stereocenters. The van der Waals surface area contributed by atoms with Crippen molar-refractivity contribution >= 4 is 0 Å². The molecule has 1 aliphatic rings. The van der Waals surface area contributed by atoms with E-state index in [0.717, 1.165) is 24.2 Å². The van der Waals surface area contributed by atoms with Crippen molar-refractivity contribution in [1.82, 2.24) is 4.90 Å². The highest BCUT2D eigenvalue weighted by Gasteiger charge is 2.11. The maximum Gasteiger partial charge on any atom is 0.185 e. The third kappa shape index (κ3) is 5.50. The van der Waals surface area contributed by atoms with Crippen LogP contribution in [-0.2, 0) is 17.8 Å². The zero-order chi connectivity index (χ0) is 18.9. The Balaban J connectivity index is 1.67. The lowest BCUT2D eigenvalue weighted by atomic mass is 10.1. The van der Waals surface area contributed by atoms with E-state index in [1.807, 2.05) is 54.7 Å². The fraction of sp³-hybridized carbons (Fsp3) is 0.318. The molecule has 1 heterocycles. The summed E-state index contributed by atoms with van der Waals surface area (Å²) in [7, 11) is 1.63. The second-order valence-electron chi connectivity index (χ2n) is 6.32. The van der Waals surface area contributed by atoms with Crippen molar-refractivity contribution in [3.05, 3.63) is 83.0 Å². The Kier molecular flexibility index (Phi) is 6.72. The molecule has 0 bridgehead atoms. The van der Waals surface area contributed by atoms with E-state index in [0.29, 0.717) is 43.4 Å². The predicted octanol–water partition coefficient (Wildman–Crippen LogP) is 3.91. The first-order valence-electron chi connectivity index (χ1n) is 9.02. The van der Waals surface area contributed by atoms with Gasteiger partial charge >= 0.3 is 0 Å². The Morgan fingerprint density at radius 3 is 2.59 bits per heavy atom. The third-order valence-corrected chi connectivity index (χ3v) is 4.37. The Hall–Kier alpha value is -2.97. The highest BCUT2D eigenvalue weighted by Crippen LogP contribution is 2.30. The van der Waals surface area contributed by atoms with Crippen molar-refractivity contribution in [3.63, 3.8) is 0 Å². The Labute approximate surface area is 160 Å². The van der Waals surface area contributed by atoms with Crippen LogP contribution < -0.4 is 9.47 Å². The fourth-order valence-electron chi connectivity index (χ4n) is 2.92. The number of benzene rings is 2. The predicted molar refractivity (Wildman–Crippen MR) is 105 cm³/mol. The van der Waals surface area contributed by atoms with Crippen molar-refractivity contribution in [3.8, 4) is 11.5 Å². The number of allylic oxidation sites excluding steroid dienone is 1. The van der Waals surface area contributed by atoms with Crippen LogP contribution in [0.15, 0.2) is 60.4 Å². The molecule has 27 heavy (non-hydrogen) atoms. The molecule has 0 aliphatic carbocycles. The van der Waals surface area contributed by atoms with Gasteiger partial charge in [-0.15, -0.1) is 0 Å². The van der Waals surface area contributed by atoms with Crippen LogP contribution in [0.25, 0.3) is 4.85 Å². The lowest BCUT2D eigenvalue weighted by Crippen LogP contribution is -2.32. The molecule has 3 rings (SSSR count). The summed E-state index contributed by atoms with van der Waals surface area (Å²) in [5, 5.41) is 0. The summed E-state index contributed by atoms with van der Waals surface area (Å²) in [6.07, 6.45) is 2.51. The molecule has 0 radical (unpaired) electrons. The van der Waals surface area contributed by atoms with E-state index in [2.05, 4.69) is 9.74 Å². The minimum absolute atomic E-state index is 0.487. The molecule has 0 unspecified atom stereocenters. The monoisotopic (exact) mass is 364 g/mol. The molecule has 1 aliphatic heterocycles. The second-order valence-corrected chi connectivity index (χ2v) is 6.32. The van der Waals surface area contributed by atoms with Crippen molar-refractivity contribution in [1.29, 1.82) is 0 Å². The molecular formula is C22H24N2O3. The highest BCUT2D eigenvalue weighted by molar-refractivity contribution is 5.44. The van der Waals surface area contributed by atoms with Gasteiger partial charge in [0, 0.05) is 25.7 Å². The third-order valence-electron chi connectivity index (χ3n) is 4.37. The van der Waals surface area contributed by atoms with Crippen molar-refractivity contribution in [2.75, 3.05) is 33.4 Å². The molecule has 2 aromatic carbocycles. The van der Waals surface area contributed by atoms with Crippen LogP contribution in [0.4, 0.5) is 0 Å². The Morgan fingerprint density at radius 1 is 1.11 bits per heavy atom. The van der Waals surface area contributed by atoms with Gasteiger partial charge in [-0.25, -0.2) is 4.85 Å². The standard InChI is InChI=1S/C22H24N2O3/c1-23-20(16-24-10-12-26-13-11-24)14-19-8-9-21(22(15-19)25-2)27-17-18-6-4-3-5-7-18/h3-9,15-16H,10-14,17H2,2H3. The quantitative estimate of drug-likeness (QED) is 0.698. The summed E-state index contributed by atoms with van der Waals surface area (Å²) < 4.78 is 16.7. The number of ether oxygens (including phenoxy) is 3. The zero-order valence-electron chi connectivity index (χ0n) is 15.6. The second kappa shape index (κ2) is 9.65. The smallest absolute Gasteiger partial charge is 0.185 e. The van der Waals surface area contributed by atoms with Crippen LogP contribution >= 0.6 is 0 Å². The van der Waals surface area contributed by atoms with Gasteiger partial charge in [0.1, 0.15) is 6.61 Å². The zero-order valence-corrected chi connectivity index (χ0v) is 15.6. The fourth-order valence-corrected chi connectivity index (χ4v) is 2.92. The van der Waals surface area contributed by atoms with E-state index in [-0.39, 0.29) is 0 Å². The van der Waals surface area contributed by atoms with Crippen LogP contribution in [-0.4, -0.2) is 38.3 Å². The first kappa shape index (κ1) is 18.8. The van der Waals surface area contributed by atoms with E-state index in [1.54, 1.807) is 7.11 Å². The Morgan fingerprint density at radius 2 is 1.89 bits per heavy atom. The molecule has 0 saturated carbocycles. The number of morpholine rings is 1. The first-order valence-corrected chi connectivity index (χ1v) is 9.02. The molecule has 0 amide bonds. The van der Waals surface area contributed by atoms with Crippen LogP contribution in [0.1, 0.15) is 11.1 Å². The molecule has 0 aromatic heterocycles. The Bertz CT molecular complexity index is 806. The number of methoxy groups -OCH3 is 1. The summed E-state index contributed by atoms with van der Waals surface area (Å²) in [5.74, 6) is 1.38. The average molecular weight is 364 g/mol. The molecule has 5 heteroatoms. The number of nitrogens with zero attached hydrogens (tertiary/aromatic N) is 2. The summed E-state index contributed by atoms with van der Waals surface area (Å²) >= 11 is 0. The van der Waals surface area contributed by atoms with Crippen LogP contribution in [0.2, 0.25) is 0 Å². The summed E-state index contributed by atoms with van der Waals surface area (Å²) in [5.41, 5.74) is 2.83. The van der Waals surface area contributed by atoms with Gasteiger partial charge in [0.15, 0.2) is 17.2 Å². The normalized spacial score (nSPS) is 14.5. The largest absolute Gasteiger partial charge is 0.493 e. The molecule has 0 spiro atoms. The molecule has 5 nitrogen and oxygen atoms in total. The van der Waals surface area contributed by atoms with Crippen molar-refractivity contribution < 1.29 is 14.2 Å². The minimum Gasteiger partial charge on any atom is -0.493 e. The van der Waals surface area contributed by atoms with Crippen molar-refractivity contribution in [2.24, 2.45) is 0 Å². The van der Waals surface area contributed by atoms with Gasteiger partial charge < -0.3 is 19.1 Å². The van der Waals surface area contributed by atoms with E-state index >= 15 is 0 Å². The minimum atomic E-state index is 0.487. The van der Waals surface area contributed by atoms with Crippen LogP contribution in [0.5, 0.6) is 11.5 Å². The van der Waals surface area contributed by atoms with Gasteiger partial charge in [0.25, 0.3) is 0 Å². The average Bonchev–Trinajstić information content (AvgIpc) is 2.73. The molecule has 140 valence electrons. The van der Waals surface area contributed by atoms with E-state index in [9.17, 15) is 0 Å². The molecule has 1 fully saturated rings. The molecule has 0 N–H and O–H groups in total. The van der Waals surface area contributed by atoms with E-state index in [4.69, 9.17) is 20.8 Å². The van der Waals surface area contributed by atoms with Gasteiger partial charge in [-0.3, -0.25) is 0 Å². The molecule has 2 aromatic rings. The lowest BCUT2D eigenvalue weighted by molar-refractivity contribution is 0.0591. The topological polar surface area (TPSA) is 35.3 Å². The molecule has 1 saturated heterocycles. The molecular weight excluding hydrogens is 340 g/mol. The van der Waals surface area contributed by atoms with Crippen LogP contribution in [0, 0.1) is 6.57 Å². The number of rotatable bonds is 7. The summed E-state index contributed by atoms with van der Waals surface area (Å²) in [4.78, 5) is 5.83. The van der Waals surface area contributed by atoms with E-state index in [1.165, 1.54) is 0 Å². The van der Waals surface area contributed by atoms with Gasteiger partial charge in [-0.1, -0.05) is 36.4 Å². The van der Waals surface area contributed by atoms with Gasteiger partial charge in [-0.05, 0) is 23.3 Å². The van der Waals surface area contributed by atoms with Gasteiger partial charge in [0.05, 0.1) is 26.9 Å². The van der Waals surface area contributed by atoms with Gasteiger partial charge in [0.2, 0.25) is 0 Å². The lowest BCUT2D eigenvalue weighted by Gasteiger charge is -2.25. The first-order chi connectivity index (χ1) is 13.3.